The van der Waals surface area contributed by atoms with Crippen molar-refractivity contribution in [2.45, 2.75) is 51.5 Å². The molecule has 1 aromatic heterocycles. The van der Waals surface area contributed by atoms with E-state index in [2.05, 4.69) is 23.6 Å². The average molecular weight is 398 g/mol. The Labute approximate surface area is 170 Å². The number of ether oxygens (including phenoxy) is 1. The van der Waals surface area contributed by atoms with Crippen LogP contribution in [0.4, 0.5) is 5.00 Å². The summed E-state index contributed by atoms with van der Waals surface area (Å²) in [6, 6.07) is 10.3. The molecule has 6 heteroatoms. The summed E-state index contributed by atoms with van der Waals surface area (Å²) in [5.74, 6) is 0.776. The van der Waals surface area contributed by atoms with Crippen LogP contribution in [0.5, 0.6) is 5.75 Å². The highest BCUT2D eigenvalue weighted by molar-refractivity contribution is 7.16. The predicted molar refractivity (Wildman–Crippen MR) is 113 cm³/mol. The SMILES string of the molecule is COc1ccccc1[C@@H](C)NCCC(=O)Nc1sc2c(c1C#N)CCCCC2. The molecule has 5 nitrogen and oxygen atoms in total. The van der Waals surface area contributed by atoms with Crippen LogP contribution >= 0.6 is 11.3 Å². The van der Waals surface area contributed by atoms with Crippen molar-refractivity contribution in [2.75, 3.05) is 19.0 Å². The van der Waals surface area contributed by atoms with Gasteiger partial charge in [0.1, 0.15) is 16.8 Å². The van der Waals surface area contributed by atoms with Gasteiger partial charge < -0.3 is 15.4 Å². The lowest BCUT2D eigenvalue weighted by Crippen LogP contribution is -2.24. The van der Waals surface area contributed by atoms with Crippen LogP contribution in [0.25, 0.3) is 0 Å². The van der Waals surface area contributed by atoms with Crippen LogP contribution in [0, 0.1) is 11.3 Å². The Balaban J connectivity index is 1.56. The number of methoxy groups -OCH3 is 1. The van der Waals surface area contributed by atoms with Crippen molar-refractivity contribution in [1.29, 1.82) is 5.26 Å². The first-order valence-electron chi connectivity index (χ1n) is 9.84. The van der Waals surface area contributed by atoms with E-state index in [1.807, 2.05) is 24.3 Å². The zero-order chi connectivity index (χ0) is 19.9. The van der Waals surface area contributed by atoms with E-state index in [1.165, 1.54) is 11.3 Å². The molecule has 1 aliphatic rings. The molecular weight excluding hydrogens is 370 g/mol. The fourth-order valence-electron chi connectivity index (χ4n) is 3.67. The van der Waals surface area contributed by atoms with Gasteiger partial charge in [-0.1, -0.05) is 24.6 Å². The van der Waals surface area contributed by atoms with Crippen molar-refractivity contribution < 1.29 is 9.53 Å². The van der Waals surface area contributed by atoms with E-state index in [0.29, 0.717) is 18.5 Å². The van der Waals surface area contributed by atoms with Crippen LogP contribution in [-0.2, 0) is 17.6 Å². The maximum absolute atomic E-state index is 12.4. The summed E-state index contributed by atoms with van der Waals surface area (Å²) in [5, 5.41) is 16.6. The van der Waals surface area contributed by atoms with Gasteiger partial charge in [0.05, 0.1) is 12.7 Å². The third-order valence-electron chi connectivity index (χ3n) is 5.19. The maximum Gasteiger partial charge on any atom is 0.226 e. The molecule has 28 heavy (non-hydrogen) atoms. The van der Waals surface area contributed by atoms with Gasteiger partial charge in [0, 0.05) is 29.4 Å². The summed E-state index contributed by atoms with van der Waals surface area (Å²) in [6.07, 6.45) is 5.81. The van der Waals surface area contributed by atoms with Gasteiger partial charge in [0.25, 0.3) is 0 Å². The van der Waals surface area contributed by atoms with Crippen molar-refractivity contribution in [1.82, 2.24) is 5.32 Å². The molecule has 1 amide bonds. The molecule has 0 spiro atoms. The smallest absolute Gasteiger partial charge is 0.226 e. The number of amides is 1. The molecule has 0 saturated carbocycles. The first-order chi connectivity index (χ1) is 13.6. The Morgan fingerprint density at radius 1 is 1.29 bits per heavy atom. The fraction of sp³-hybridized carbons (Fsp3) is 0.455. The largest absolute Gasteiger partial charge is 0.496 e. The topological polar surface area (TPSA) is 74.2 Å². The summed E-state index contributed by atoms with van der Waals surface area (Å²) in [4.78, 5) is 13.7. The van der Waals surface area contributed by atoms with Gasteiger partial charge in [-0.3, -0.25) is 4.79 Å². The van der Waals surface area contributed by atoms with Gasteiger partial charge >= 0.3 is 0 Å². The second kappa shape index (κ2) is 9.72. The lowest BCUT2D eigenvalue weighted by atomic mass is 10.1. The Morgan fingerprint density at radius 2 is 2.07 bits per heavy atom. The number of carbonyl (C=O) groups is 1. The van der Waals surface area contributed by atoms with Crippen LogP contribution in [0.2, 0.25) is 0 Å². The Hall–Kier alpha value is -2.36. The standard InChI is InChI=1S/C22H27N3O2S/c1-15(16-8-6-7-10-19(16)27-2)24-13-12-21(26)25-22-18(14-23)17-9-4-3-5-11-20(17)28-22/h6-8,10,15,24H,3-5,9,11-13H2,1-2H3,(H,25,26)/t15-/m1/s1. The molecule has 0 bridgehead atoms. The lowest BCUT2D eigenvalue weighted by Gasteiger charge is -2.17. The molecule has 1 aliphatic carbocycles. The molecule has 0 unspecified atom stereocenters. The molecule has 1 heterocycles. The number of hydrogen-bond acceptors (Lipinski definition) is 5. The van der Waals surface area contributed by atoms with Gasteiger partial charge in [-0.2, -0.15) is 5.26 Å². The average Bonchev–Trinajstić information content (AvgIpc) is 2.86. The van der Waals surface area contributed by atoms with Crippen molar-refractivity contribution in [3.8, 4) is 11.8 Å². The van der Waals surface area contributed by atoms with Gasteiger partial charge in [-0.05, 0) is 44.2 Å². The zero-order valence-electron chi connectivity index (χ0n) is 16.5. The summed E-state index contributed by atoms with van der Waals surface area (Å²) in [5.41, 5.74) is 2.90. The monoisotopic (exact) mass is 397 g/mol. The number of anilines is 1. The van der Waals surface area contributed by atoms with Crippen LogP contribution in [0.1, 0.15) is 60.2 Å². The van der Waals surface area contributed by atoms with Gasteiger partial charge in [-0.25, -0.2) is 0 Å². The van der Waals surface area contributed by atoms with Gasteiger partial charge in [0.2, 0.25) is 5.91 Å². The van der Waals surface area contributed by atoms with Crippen molar-refractivity contribution in [3.63, 3.8) is 0 Å². The van der Waals surface area contributed by atoms with E-state index in [9.17, 15) is 10.1 Å². The van der Waals surface area contributed by atoms with E-state index >= 15 is 0 Å². The predicted octanol–water partition coefficient (Wildman–Crippen LogP) is 4.58. The minimum absolute atomic E-state index is 0.0624. The summed E-state index contributed by atoms with van der Waals surface area (Å²) in [7, 11) is 1.66. The molecule has 1 aromatic carbocycles. The summed E-state index contributed by atoms with van der Waals surface area (Å²) < 4.78 is 5.40. The second-order valence-electron chi connectivity index (χ2n) is 7.10. The number of fused-ring (bicyclic) bond motifs is 1. The number of nitrogens with zero attached hydrogens (tertiary/aromatic N) is 1. The lowest BCUT2D eigenvalue weighted by molar-refractivity contribution is -0.116. The second-order valence-corrected chi connectivity index (χ2v) is 8.20. The summed E-state index contributed by atoms with van der Waals surface area (Å²) >= 11 is 1.58. The molecular formula is C22H27N3O2S. The van der Waals surface area contributed by atoms with Crippen molar-refractivity contribution >= 4 is 22.2 Å². The number of benzene rings is 1. The highest BCUT2D eigenvalue weighted by Gasteiger charge is 2.21. The Kier molecular flexibility index (Phi) is 7.07. The fourth-order valence-corrected chi connectivity index (χ4v) is 4.93. The molecule has 2 aromatic rings. The van der Waals surface area contributed by atoms with Crippen LogP contribution in [0.3, 0.4) is 0 Å². The van der Waals surface area contributed by atoms with E-state index in [0.717, 1.165) is 47.6 Å². The molecule has 1 atom stereocenters. The van der Waals surface area contributed by atoms with E-state index in [1.54, 1.807) is 18.4 Å². The molecule has 0 fully saturated rings. The highest BCUT2D eigenvalue weighted by atomic mass is 32.1. The van der Waals surface area contributed by atoms with E-state index in [4.69, 9.17) is 4.74 Å². The van der Waals surface area contributed by atoms with Crippen LogP contribution in [-0.4, -0.2) is 19.6 Å². The third kappa shape index (κ3) is 4.73. The van der Waals surface area contributed by atoms with Crippen LogP contribution < -0.4 is 15.4 Å². The first kappa shape index (κ1) is 20.4. The molecule has 3 rings (SSSR count). The molecule has 148 valence electrons. The van der Waals surface area contributed by atoms with Crippen molar-refractivity contribution in [2.24, 2.45) is 0 Å². The third-order valence-corrected chi connectivity index (χ3v) is 6.40. The van der Waals surface area contributed by atoms with Gasteiger partial charge in [0.15, 0.2) is 0 Å². The Bertz CT molecular complexity index is 869. The van der Waals surface area contributed by atoms with Crippen molar-refractivity contribution in [3.05, 3.63) is 45.8 Å². The molecule has 0 saturated heterocycles. The molecule has 0 radical (unpaired) electrons. The Morgan fingerprint density at radius 3 is 2.86 bits per heavy atom. The number of para-hydroxylation sites is 1. The number of aryl methyl sites for hydroxylation is 1. The summed E-state index contributed by atoms with van der Waals surface area (Å²) in [6.45, 7) is 2.61. The van der Waals surface area contributed by atoms with Crippen LogP contribution in [0.15, 0.2) is 24.3 Å². The number of rotatable bonds is 7. The number of carbonyl (C=O) groups excluding carboxylic acids is 1. The quantitative estimate of drug-likeness (QED) is 0.671. The first-order valence-corrected chi connectivity index (χ1v) is 10.7. The minimum atomic E-state index is -0.0624. The van der Waals surface area contributed by atoms with Gasteiger partial charge in [-0.15, -0.1) is 11.3 Å². The minimum Gasteiger partial charge on any atom is -0.496 e. The van der Waals surface area contributed by atoms with E-state index < -0.39 is 0 Å². The van der Waals surface area contributed by atoms with E-state index in [-0.39, 0.29) is 11.9 Å². The highest BCUT2D eigenvalue weighted by Crippen LogP contribution is 2.37. The number of nitrogens with one attached hydrogen (secondary N) is 2. The maximum atomic E-state index is 12.4. The normalized spacial score (nSPS) is 14.5. The zero-order valence-corrected chi connectivity index (χ0v) is 17.3. The number of thiophene rings is 1. The molecule has 2 N–H and O–H groups in total. The molecule has 0 aliphatic heterocycles. The number of hydrogen-bond donors (Lipinski definition) is 2. The number of nitriles is 1.